The van der Waals surface area contributed by atoms with Crippen molar-refractivity contribution in [3.8, 4) is 0 Å². The molecule has 0 saturated heterocycles. The van der Waals surface area contributed by atoms with Crippen LogP contribution in [0.1, 0.15) is 74.2 Å². The van der Waals surface area contributed by atoms with Gasteiger partial charge in [0.2, 0.25) is 0 Å². The highest BCUT2D eigenvalue weighted by molar-refractivity contribution is 5.94. The van der Waals surface area contributed by atoms with E-state index in [-0.39, 0.29) is 5.78 Å². The van der Waals surface area contributed by atoms with Crippen LogP contribution in [-0.2, 0) is 0 Å². The van der Waals surface area contributed by atoms with Gasteiger partial charge in [0.25, 0.3) is 0 Å². The number of ketones is 1. The summed E-state index contributed by atoms with van der Waals surface area (Å²) in [6, 6.07) is 8.27. The van der Waals surface area contributed by atoms with E-state index < -0.39 is 0 Å². The van der Waals surface area contributed by atoms with Crippen molar-refractivity contribution in [2.75, 3.05) is 0 Å². The Morgan fingerprint density at radius 1 is 1.11 bits per heavy atom. The quantitative estimate of drug-likeness (QED) is 0.684. The molecule has 0 unspecified atom stereocenters. The van der Waals surface area contributed by atoms with Crippen LogP contribution in [-0.4, -0.2) is 5.78 Å². The van der Waals surface area contributed by atoms with Crippen LogP contribution in [0.4, 0.5) is 0 Å². The van der Waals surface area contributed by atoms with Crippen molar-refractivity contribution in [3.05, 3.63) is 35.4 Å². The van der Waals surface area contributed by atoms with Crippen molar-refractivity contribution in [3.63, 3.8) is 0 Å². The molecule has 0 spiro atoms. The van der Waals surface area contributed by atoms with Gasteiger partial charge in [-0.15, -0.1) is 0 Å². The van der Waals surface area contributed by atoms with E-state index in [2.05, 4.69) is 19.1 Å². The lowest BCUT2D eigenvalue weighted by Crippen LogP contribution is -2.13. The molecule has 0 aromatic heterocycles. The molecule has 0 bridgehead atoms. The molecule has 1 aliphatic rings. The fraction of sp³-hybridized carbons (Fsp3) is 0.588. The third kappa shape index (κ3) is 3.22. The average Bonchev–Trinajstić information content (AvgIpc) is 2.40. The standard InChI is InChI=1S/C17H24O/c1-3-4-14-5-7-16(8-6-14)17-11-9-15(10-12-17)13(2)18/h9-12,14,16H,3-8H2,1-2H3. The molecule has 0 aliphatic heterocycles. The second-order valence-electron chi connectivity index (χ2n) is 5.68. The van der Waals surface area contributed by atoms with Crippen molar-refractivity contribution < 1.29 is 4.79 Å². The lowest BCUT2D eigenvalue weighted by atomic mass is 9.77. The fourth-order valence-electron chi connectivity index (χ4n) is 3.18. The first-order valence-corrected chi connectivity index (χ1v) is 7.31. The van der Waals surface area contributed by atoms with E-state index in [4.69, 9.17) is 0 Å². The van der Waals surface area contributed by atoms with Gasteiger partial charge in [-0.2, -0.15) is 0 Å². The molecule has 1 aromatic carbocycles. The summed E-state index contributed by atoms with van der Waals surface area (Å²) < 4.78 is 0. The van der Waals surface area contributed by atoms with Crippen LogP contribution >= 0.6 is 0 Å². The second kappa shape index (κ2) is 6.17. The van der Waals surface area contributed by atoms with Gasteiger partial charge in [-0.3, -0.25) is 4.79 Å². The molecule has 18 heavy (non-hydrogen) atoms. The van der Waals surface area contributed by atoms with Crippen LogP contribution in [0.15, 0.2) is 24.3 Å². The summed E-state index contributed by atoms with van der Waals surface area (Å²) in [5.41, 5.74) is 2.26. The lowest BCUT2D eigenvalue weighted by molar-refractivity contribution is 0.101. The van der Waals surface area contributed by atoms with E-state index in [1.54, 1.807) is 6.92 Å². The fourth-order valence-corrected chi connectivity index (χ4v) is 3.18. The predicted molar refractivity (Wildman–Crippen MR) is 76.1 cm³/mol. The number of hydrogen-bond donors (Lipinski definition) is 0. The molecule has 1 aliphatic carbocycles. The molecule has 0 radical (unpaired) electrons. The molecule has 1 saturated carbocycles. The maximum atomic E-state index is 11.2. The van der Waals surface area contributed by atoms with Gasteiger partial charge >= 0.3 is 0 Å². The topological polar surface area (TPSA) is 17.1 Å². The Hall–Kier alpha value is -1.11. The Balaban J connectivity index is 1.95. The van der Waals surface area contributed by atoms with Crippen molar-refractivity contribution in [1.82, 2.24) is 0 Å². The highest BCUT2D eigenvalue weighted by Crippen LogP contribution is 2.37. The van der Waals surface area contributed by atoms with Crippen molar-refractivity contribution in [2.45, 2.75) is 58.3 Å². The number of Topliss-reactive ketones (excluding diaryl/α,β-unsaturated/α-hetero) is 1. The van der Waals surface area contributed by atoms with Crippen molar-refractivity contribution >= 4 is 5.78 Å². The number of rotatable bonds is 4. The molecule has 0 heterocycles. The smallest absolute Gasteiger partial charge is 0.159 e. The molecule has 98 valence electrons. The summed E-state index contributed by atoms with van der Waals surface area (Å²) in [5, 5.41) is 0. The Morgan fingerprint density at radius 2 is 1.72 bits per heavy atom. The molecular weight excluding hydrogens is 220 g/mol. The molecule has 1 heteroatoms. The van der Waals surface area contributed by atoms with Gasteiger partial charge < -0.3 is 0 Å². The monoisotopic (exact) mass is 244 g/mol. The van der Waals surface area contributed by atoms with Crippen LogP contribution < -0.4 is 0 Å². The Bertz CT molecular complexity index is 383. The number of carbonyl (C=O) groups is 1. The van der Waals surface area contributed by atoms with E-state index in [0.717, 1.165) is 17.4 Å². The van der Waals surface area contributed by atoms with Crippen LogP contribution in [0, 0.1) is 5.92 Å². The first-order valence-electron chi connectivity index (χ1n) is 7.31. The lowest BCUT2D eigenvalue weighted by Gasteiger charge is -2.28. The van der Waals surface area contributed by atoms with Crippen LogP contribution in [0.25, 0.3) is 0 Å². The van der Waals surface area contributed by atoms with Gasteiger partial charge in [0.1, 0.15) is 0 Å². The molecule has 0 atom stereocenters. The number of benzene rings is 1. The largest absolute Gasteiger partial charge is 0.295 e. The van der Waals surface area contributed by atoms with Crippen LogP contribution in [0.2, 0.25) is 0 Å². The van der Waals surface area contributed by atoms with E-state index in [1.165, 1.54) is 44.1 Å². The first-order chi connectivity index (χ1) is 8.70. The zero-order valence-electron chi connectivity index (χ0n) is 11.6. The normalized spacial score (nSPS) is 23.9. The van der Waals surface area contributed by atoms with Crippen LogP contribution in [0.5, 0.6) is 0 Å². The van der Waals surface area contributed by atoms with Crippen molar-refractivity contribution in [1.29, 1.82) is 0 Å². The molecule has 1 nitrogen and oxygen atoms in total. The zero-order chi connectivity index (χ0) is 13.0. The van der Waals surface area contributed by atoms with Gasteiger partial charge in [0, 0.05) is 5.56 Å². The van der Waals surface area contributed by atoms with Gasteiger partial charge in [0.05, 0.1) is 0 Å². The first kappa shape index (κ1) is 13.3. The summed E-state index contributed by atoms with van der Waals surface area (Å²) in [7, 11) is 0. The van der Waals surface area contributed by atoms with Gasteiger partial charge in [-0.25, -0.2) is 0 Å². The molecule has 1 aromatic rings. The molecule has 0 N–H and O–H groups in total. The maximum absolute atomic E-state index is 11.2. The number of hydrogen-bond acceptors (Lipinski definition) is 1. The zero-order valence-corrected chi connectivity index (χ0v) is 11.6. The SMILES string of the molecule is CCCC1CCC(c2ccc(C(C)=O)cc2)CC1. The van der Waals surface area contributed by atoms with E-state index >= 15 is 0 Å². The Kier molecular flexibility index (Phi) is 4.57. The highest BCUT2D eigenvalue weighted by atomic mass is 16.1. The second-order valence-corrected chi connectivity index (χ2v) is 5.68. The van der Waals surface area contributed by atoms with Gasteiger partial charge in [-0.1, -0.05) is 44.0 Å². The Labute approximate surface area is 111 Å². The molecule has 0 amide bonds. The van der Waals surface area contributed by atoms with Gasteiger partial charge in [-0.05, 0) is 50.0 Å². The third-order valence-corrected chi connectivity index (χ3v) is 4.33. The summed E-state index contributed by atoms with van der Waals surface area (Å²) in [5.74, 6) is 1.84. The summed E-state index contributed by atoms with van der Waals surface area (Å²) in [6.45, 7) is 3.91. The van der Waals surface area contributed by atoms with E-state index in [1.807, 2.05) is 12.1 Å². The highest BCUT2D eigenvalue weighted by Gasteiger charge is 2.21. The molecular formula is C17H24O. The van der Waals surface area contributed by atoms with E-state index in [9.17, 15) is 4.79 Å². The minimum atomic E-state index is 0.160. The molecule has 2 rings (SSSR count). The maximum Gasteiger partial charge on any atom is 0.159 e. The summed E-state index contributed by atoms with van der Waals surface area (Å²) >= 11 is 0. The summed E-state index contributed by atoms with van der Waals surface area (Å²) in [4.78, 5) is 11.2. The Morgan fingerprint density at radius 3 is 2.22 bits per heavy atom. The van der Waals surface area contributed by atoms with Crippen molar-refractivity contribution in [2.24, 2.45) is 5.92 Å². The predicted octanol–water partition coefficient (Wildman–Crippen LogP) is 4.96. The third-order valence-electron chi connectivity index (χ3n) is 4.33. The molecule has 1 fully saturated rings. The van der Waals surface area contributed by atoms with Crippen LogP contribution in [0.3, 0.4) is 0 Å². The minimum absolute atomic E-state index is 0.160. The minimum Gasteiger partial charge on any atom is -0.295 e. The van der Waals surface area contributed by atoms with Gasteiger partial charge in [0.15, 0.2) is 5.78 Å². The summed E-state index contributed by atoms with van der Waals surface area (Å²) in [6.07, 6.45) is 8.13. The number of carbonyl (C=O) groups excluding carboxylic acids is 1. The van der Waals surface area contributed by atoms with E-state index in [0.29, 0.717) is 0 Å². The average molecular weight is 244 g/mol.